The molecule has 3 heteroatoms. The lowest BCUT2D eigenvalue weighted by Gasteiger charge is -2.33. The molecular formula is C10H19NO2. The summed E-state index contributed by atoms with van der Waals surface area (Å²) in [6.07, 6.45) is 4.14. The number of carbonyl (C=O) groups excluding carboxylic acids is 1. The molecule has 1 heterocycles. The van der Waals surface area contributed by atoms with Gasteiger partial charge in [0, 0.05) is 13.2 Å². The third-order valence-electron chi connectivity index (χ3n) is 2.69. The molecule has 1 atom stereocenters. The zero-order chi connectivity index (χ0) is 9.68. The van der Waals surface area contributed by atoms with E-state index in [9.17, 15) is 4.79 Å². The standard InChI is InChI=1S/C10H19NO2/c1-9(13)10-5-2-3-6-11(10)7-4-8-12/h10,12H,2-8H2,1H3. The summed E-state index contributed by atoms with van der Waals surface area (Å²) in [5.74, 6) is 0.276. The number of hydrogen-bond acceptors (Lipinski definition) is 3. The molecule has 1 N–H and O–H groups in total. The van der Waals surface area contributed by atoms with Crippen molar-refractivity contribution in [1.82, 2.24) is 4.90 Å². The molecule has 1 aliphatic heterocycles. The number of ketones is 1. The summed E-state index contributed by atoms with van der Waals surface area (Å²) in [6.45, 7) is 3.77. The highest BCUT2D eigenvalue weighted by Crippen LogP contribution is 2.17. The molecule has 1 unspecified atom stereocenters. The highest BCUT2D eigenvalue weighted by Gasteiger charge is 2.24. The Kier molecular flexibility index (Phi) is 4.39. The van der Waals surface area contributed by atoms with E-state index in [-0.39, 0.29) is 18.4 Å². The van der Waals surface area contributed by atoms with E-state index in [0.717, 1.165) is 25.9 Å². The van der Waals surface area contributed by atoms with Crippen molar-refractivity contribution in [1.29, 1.82) is 0 Å². The van der Waals surface area contributed by atoms with E-state index in [1.807, 2.05) is 0 Å². The molecule has 13 heavy (non-hydrogen) atoms. The summed E-state index contributed by atoms with van der Waals surface area (Å²) in [7, 11) is 0. The molecule has 1 rings (SSSR count). The minimum atomic E-state index is 0.125. The van der Waals surface area contributed by atoms with Crippen LogP contribution in [-0.2, 0) is 4.79 Å². The molecule has 0 aliphatic carbocycles. The number of nitrogens with zero attached hydrogens (tertiary/aromatic N) is 1. The topological polar surface area (TPSA) is 40.5 Å². The molecule has 0 aromatic heterocycles. The van der Waals surface area contributed by atoms with Crippen LogP contribution in [0.5, 0.6) is 0 Å². The van der Waals surface area contributed by atoms with Crippen LogP contribution in [0, 0.1) is 0 Å². The summed E-state index contributed by atoms with van der Waals surface area (Å²) in [5, 5.41) is 8.71. The molecule has 1 aliphatic rings. The number of aliphatic hydroxyl groups is 1. The molecule has 1 fully saturated rings. The van der Waals surface area contributed by atoms with E-state index >= 15 is 0 Å². The van der Waals surface area contributed by atoms with Crippen LogP contribution >= 0.6 is 0 Å². The molecule has 0 radical (unpaired) electrons. The van der Waals surface area contributed by atoms with E-state index in [0.29, 0.717) is 0 Å². The minimum absolute atomic E-state index is 0.125. The van der Waals surface area contributed by atoms with Gasteiger partial charge in [-0.25, -0.2) is 0 Å². The lowest BCUT2D eigenvalue weighted by Crippen LogP contribution is -2.44. The van der Waals surface area contributed by atoms with Gasteiger partial charge in [-0.15, -0.1) is 0 Å². The van der Waals surface area contributed by atoms with E-state index in [1.165, 1.54) is 12.8 Å². The Hall–Kier alpha value is -0.410. The molecule has 0 bridgehead atoms. The monoisotopic (exact) mass is 185 g/mol. The normalized spacial score (nSPS) is 24.6. The van der Waals surface area contributed by atoms with Crippen molar-refractivity contribution in [2.75, 3.05) is 19.7 Å². The average molecular weight is 185 g/mol. The van der Waals surface area contributed by atoms with Gasteiger partial charge in [0.25, 0.3) is 0 Å². The predicted molar refractivity (Wildman–Crippen MR) is 51.6 cm³/mol. The Morgan fingerprint density at radius 3 is 2.92 bits per heavy atom. The van der Waals surface area contributed by atoms with Gasteiger partial charge in [-0.2, -0.15) is 0 Å². The van der Waals surface area contributed by atoms with Crippen molar-refractivity contribution < 1.29 is 9.90 Å². The highest BCUT2D eigenvalue weighted by molar-refractivity contribution is 5.81. The number of hydrogen-bond donors (Lipinski definition) is 1. The van der Waals surface area contributed by atoms with E-state index in [1.54, 1.807) is 6.92 Å². The lowest BCUT2D eigenvalue weighted by molar-refractivity contribution is -0.123. The largest absolute Gasteiger partial charge is 0.396 e. The first-order chi connectivity index (χ1) is 6.25. The van der Waals surface area contributed by atoms with Crippen molar-refractivity contribution in [2.45, 2.75) is 38.6 Å². The summed E-state index contributed by atoms with van der Waals surface area (Å²) in [5.41, 5.74) is 0. The van der Waals surface area contributed by atoms with Crippen molar-refractivity contribution in [3.8, 4) is 0 Å². The van der Waals surface area contributed by atoms with Crippen molar-refractivity contribution in [2.24, 2.45) is 0 Å². The summed E-state index contributed by atoms with van der Waals surface area (Å²) >= 11 is 0. The fraction of sp³-hybridized carbons (Fsp3) is 0.900. The van der Waals surface area contributed by atoms with Crippen LogP contribution in [0.1, 0.15) is 32.6 Å². The van der Waals surface area contributed by atoms with Crippen LogP contribution in [0.4, 0.5) is 0 Å². The molecule has 0 saturated carbocycles. The quantitative estimate of drug-likeness (QED) is 0.704. The van der Waals surface area contributed by atoms with Gasteiger partial charge in [0.2, 0.25) is 0 Å². The highest BCUT2D eigenvalue weighted by atomic mass is 16.3. The van der Waals surface area contributed by atoms with E-state index in [2.05, 4.69) is 4.90 Å². The van der Waals surface area contributed by atoms with Gasteiger partial charge in [0.15, 0.2) is 0 Å². The third kappa shape index (κ3) is 3.08. The van der Waals surface area contributed by atoms with Gasteiger partial charge in [-0.1, -0.05) is 6.42 Å². The van der Waals surface area contributed by atoms with E-state index in [4.69, 9.17) is 5.11 Å². The first kappa shape index (κ1) is 10.7. The molecule has 1 saturated heterocycles. The zero-order valence-electron chi connectivity index (χ0n) is 8.33. The smallest absolute Gasteiger partial charge is 0.146 e. The fourth-order valence-corrected chi connectivity index (χ4v) is 1.99. The summed E-state index contributed by atoms with van der Waals surface area (Å²) in [6, 6.07) is 0.125. The van der Waals surface area contributed by atoms with Crippen LogP contribution in [-0.4, -0.2) is 41.5 Å². The molecule has 0 amide bonds. The lowest BCUT2D eigenvalue weighted by atomic mass is 9.99. The van der Waals surface area contributed by atoms with Gasteiger partial charge in [-0.3, -0.25) is 9.69 Å². The molecule has 76 valence electrons. The van der Waals surface area contributed by atoms with Gasteiger partial charge in [-0.05, 0) is 32.7 Å². The van der Waals surface area contributed by atoms with Gasteiger partial charge >= 0.3 is 0 Å². The molecule has 0 aromatic rings. The SMILES string of the molecule is CC(=O)C1CCCCN1CCCO. The fourth-order valence-electron chi connectivity index (χ4n) is 1.99. The average Bonchev–Trinajstić information content (AvgIpc) is 2.15. The first-order valence-corrected chi connectivity index (χ1v) is 5.11. The second kappa shape index (κ2) is 5.35. The van der Waals surface area contributed by atoms with Crippen LogP contribution in [0.15, 0.2) is 0 Å². The minimum Gasteiger partial charge on any atom is -0.396 e. The third-order valence-corrected chi connectivity index (χ3v) is 2.69. The molecular weight excluding hydrogens is 166 g/mol. The second-order valence-electron chi connectivity index (χ2n) is 3.74. The maximum Gasteiger partial charge on any atom is 0.146 e. The number of likely N-dealkylation sites (tertiary alicyclic amines) is 1. The number of carbonyl (C=O) groups is 1. The van der Waals surface area contributed by atoms with Gasteiger partial charge < -0.3 is 5.11 Å². The van der Waals surface area contributed by atoms with Gasteiger partial charge in [0.05, 0.1) is 6.04 Å². The van der Waals surface area contributed by atoms with Crippen LogP contribution in [0.2, 0.25) is 0 Å². The molecule has 3 nitrogen and oxygen atoms in total. The summed E-state index contributed by atoms with van der Waals surface area (Å²) < 4.78 is 0. The van der Waals surface area contributed by atoms with Crippen LogP contribution in [0.3, 0.4) is 0 Å². The Labute approximate surface area is 79.7 Å². The number of aliphatic hydroxyl groups excluding tert-OH is 1. The Bertz CT molecular complexity index is 170. The van der Waals surface area contributed by atoms with E-state index < -0.39 is 0 Å². The zero-order valence-corrected chi connectivity index (χ0v) is 8.33. The Morgan fingerprint density at radius 1 is 1.54 bits per heavy atom. The number of piperidine rings is 1. The Balaban J connectivity index is 2.41. The number of Topliss-reactive ketones (excluding diaryl/α,β-unsaturated/α-hetero) is 1. The Morgan fingerprint density at radius 2 is 2.31 bits per heavy atom. The molecule has 0 spiro atoms. The van der Waals surface area contributed by atoms with Crippen molar-refractivity contribution in [3.63, 3.8) is 0 Å². The van der Waals surface area contributed by atoms with Crippen LogP contribution < -0.4 is 0 Å². The van der Waals surface area contributed by atoms with Crippen molar-refractivity contribution in [3.05, 3.63) is 0 Å². The number of rotatable bonds is 4. The maximum atomic E-state index is 11.3. The first-order valence-electron chi connectivity index (χ1n) is 5.11. The second-order valence-corrected chi connectivity index (χ2v) is 3.74. The predicted octanol–water partition coefficient (Wildman–Crippen LogP) is 0.812. The molecule has 0 aromatic carbocycles. The van der Waals surface area contributed by atoms with Gasteiger partial charge in [0.1, 0.15) is 5.78 Å². The summed E-state index contributed by atoms with van der Waals surface area (Å²) in [4.78, 5) is 13.5. The van der Waals surface area contributed by atoms with Crippen molar-refractivity contribution >= 4 is 5.78 Å². The van der Waals surface area contributed by atoms with Crippen LogP contribution in [0.25, 0.3) is 0 Å². The maximum absolute atomic E-state index is 11.3.